The monoisotopic (exact) mass is 271 g/mol. The minimum absolute atomic E-state index is 0.000558. The highest BCUT2D eigenvalue weighted by molar-refractivity contribution is 5.78. The van der Waals surface area contributed by atoms with Crippen LogP contribution in [0.1, 0.15) is 33.6 Å². The second-order valence-corrected chi connectivity index (χ2v) is 5.93. The van der Waals surface area contributed by atoms with E-state index in [9.17, 15) is 9.59 Å². The van der Waals surface area contributed by atoms with Crippen LogP contribution in [0.25, 0.3) is 0 Å². The molecule has 0 unspecified atom stereocenters. The molecule has 0 spiro atoms. The van der Waals surface area contributed by atoms with Crippen molar-refractivity contribution in [2.24, 2.45) is 5.73 Å². The molecule has 6 heteroatoms. The van der Waals surface area contributed by atoms with Gasteiger partial charge in [0.15, 0.2) is 0 Å². The van der Waals surface area contributed by atoms with Crippen LogP contribution >= 0.6 is 0 Å². The van der Waals surface area contributed by atoms with Gasteiger partial charge in [-0.1, -0.05) is 0 Å². The fourth-order valence-corrected chi connectivity index (χ4v) is 2.11. The van der Waals surface area contributed by atoms with E-state index in [0.29, 0.717) is 13.1 Å². The Morgan fingerprint density at radius 3 is 2.58 bits per heavy atom. The third kappa shape index (κ3) is 4.70. The van der Waals surface area contributed by atoms with E-state index in [1.165, 1.54) is 0 Å². The van der Waals surface area contributed by atoms with Crippen molar-refractivity contribution >= 4 is 12.0 Å². The van der Waals surface area contributed by atoms with Crippen LogP contribution in [0.5, 0.6) is 0 Å². The minimum Gasteiger partial charge on any atom is -0.444 e. The maximum atomic E-state index is 12.0. The fourth-order valence-electron chi connectivity index (χ4n) is 2.11. The summed E-state index contributed by atoms with van der Waals surface area (Å²) < 4.78 is 5.35. The van der Waals surface area contributed by atoms with Crippen LogP contribution in [0.3, 0.4) is 0 Å². The molecule has 110 valence electrons. The van der Waals surface area contributed by atoms with Crippen molar-refractivity contribution in [3.05, 3.63) is 0 Å². The molecule has 2 N–H and O–H groups in total. The predicted molar refractivity (Wildman–Crippen MR) is 72.7 cm³/mol. The van der Waals surface area contributed by atoms with Crippen LogP contribution in [-0.4, -0.2) is 60.1 Å². The number of likely N-dealkylation sites (tertiary alicyclic amines) is 1. The number of hydrogen-bond acceptors (Lipinski definition) is 4. The van der Waals surface area contributed by atoms with Crippen molar-refractivity contribution in [2.75, 3.05) is 26.7 Å². The van der Waals surface area contributed by atoms with Gasteiger partial charge in [-0.25, -0.2) is 4.79 Å². The standard InChI is InChI=1S/C13H25N3O3/c1-13(2,3)19-12(18)16-7-5-6-10(9-16)15(4)11(17)8-14/h10H,5-9,14H2,1-4H3/t10-/m0/s1. The number of carbonyl (C=O) groups is 2. The Hall–Kier alpha value is -1.30. The van der Waals surface area contributed by atoms with Crippen LogP contribution in [0, 0.1) is 0 Å². The van der Waals surface area contributed by atoms with Gasteiger partial charge in [0, 0.05) is 26.2 Å². The van der Waals surface area contributed by atoms with Crippen molar-refractivity contribution in [2.45, 2.75) is 45.3 Å². The van der Waals surface area contributed by atoms with Crippen LogP contribution in [-0.2, 0) is 9.53 Å². The summed E-state index contributed by atoms with van der Waals surface area (Å²) in [7, 11) is 1.73. The smallest absolute Gasteiger partial charge is 0.410 e. The number of rotatable bonds is 2. The average molecular weight is 271 g/mol. The zero-order chi connectivity index (χ0) is 14.6. The third-order valence-electron chi connectivity index (χ3n) is 3.16. The lowest BCUT2D eigenvalue weighted by Crippen LogP contribution is -2.52. The number of ether oxygens (including phenoxy) is 1. The van der Waals surface area contributed by atoms with E-state index in [1.54, 1.807) is 16.8 Å². The molecular formula is C13H25N3O3. The predicted octanol–water partition coefficient (Wildman–Crippen LogP) is 0.803. The molecule has 1 saturated heterocycles. The van der Waals surface area contributed by atoms with Gasteiger partial charge in [-0.2, -0.15) is 0 Å². The molecule has 1 rings (SSSR count). The summed E-state index contributed by atoms with van der Waals surface area (Å²) >= 11 is 0. The Bertz CT molecular complexity index is 339. The van der Waals surface area contributed by atoms with Crippen molar-refractivity contribution in [3.8, 4) is 0 Å². The lowest BCUT2D eigenvalue weighted by Gasteiger charge is -2.38. The highest BCUT2D eigenvalue weighted by Crippen LogP contribution is 2.18. The molecule has 0 radical (unpaired) electrons. The number of nitrogens with two attached hydrogens (primary N) is 1. The first-order valence-electron chi connectivity index (χ1n) is 6.68. The second-order valence-electron chi connectivity index (χ2n) is 5.93. The molecule has 19 heavy (non-hydrogen) atoms. The molecule has 1 aliphatic rings. The zero-order valence-corrected chi connectivity index (χ0v) is 12.3. The van der Waals surface area contributed by atoms with Gasteiger partial charge in [-0.15, -0.1) is 0 Å². The highest BCUT2D eigenvalue weighted by atomic mass is 16.6. The van der Waals surface area contributed by atoms with Gasteiger partial charge in [0.1, 0.15) is 5.60 Å². The quantitative estimate of drug-likeness (QED) is 0.806. The van der Waals surface area contributed by atoms with E-state index >= 15 is 0 Å². The molecule has 0 aromatic heterocycles. The van der Waals surface area contributed by atoms with E-state index in [1.807, 2.05) is 20.8 Å². The Morgan fingerprint density at radius 2 is 2.05 bits per heavy atom. The Labute approximate surface area is 114 Å². The van der Waals surface area contributed by atoms with Crippen LogP contribution in [0.4, 0.5) is 4.79 Å². The Kier molecular flexibility index (Phi) is 5.17. The first kappa shape index (κ1) is 15.8. The normalized spacial score (nSPS) is 20.1. The Balaban J connectivity index is 2.59. The van der Waals surface area contributed by atoms with Crippen molar-refractivity contribution in [1.82, 2.24) is 9.80 Å². The highest BCUT2D eigenvalue weighted by Gasteiger charge is 2.30. The van der Waals surface area contributed by atoms with Crippen molar-refractivity contribution in [3.63, 3.8) is 0 Å². The summed E-state index contributed by atoms with van der Waals surface area (Å²) in [4.78, 5) is 26.9. The largest absolute Gasteiger partial charge is 0.444 e. The first-order valence-corrected chi connectivity index (χ1v) is 6.68. The maximum Gasteiger partial charge on any atom is 0.410 e. The molecule has 0 aliphatic carbocycles. The SMILES string of the molecule is CN(C(=O)CN)[C@H]1CCCN(C(=O)OC(C)(C)C)C1. The number of piperidine rings is 1. The number of likely N-dealkylation sites (N-methyl/N-ethyl adjacent to an activating group) is 1. The van der Waals surface area contributed by atoms with E-state index < -0.39 is 5.60 Å². The lowest BCUT2D eigenvalue weighted by atomic mass is 10.0. The molecule has 0 aromatic rings. The molecule has 1 heterocycles. The molecule has 2 amide bonds. The van der Waals surface area contributed by atoms with E-state index in [-0.39, 0.29) is 24.6 Å². The van der Waals surface area contributed by atoms with Gasteiger partial charge in [0.05, 0.1) is 6.54 Å². The molecule has 0 saturated carbocycles. The van der Waals surface area contributed by atoms with Gasteiger partial charge in [-0.3, -0.25) is 4.79 Å². The minimum atomic E-state index is -0.497. The van der Waals surface area contributed by atoms with Gasteiger partial charge in [0.2, 0.25) is 5.91 Å². The van der Waals surface area contributed by atoms with E-state index in [0.717, 1.165) is 12.8 Å². The van der Waals surface area contributed by atoms with Gasteiger partial charge in [-0.05, 0) is 33.6 Å². The number of hydrogen-bond donors (Lipinski definition) is 1. The molecule has 6 nitrogen and oxygen atoms in total. The van der Waals surface area contributed by atoms with Gasteiger partial charge < -0.3 is 20.3 Å². The summed E-state index contributed by atoms with van der Waals surface area (Å²) in [6, 6.07) is 0.0253. The Morgan fingerprint density at radius 1 is 1.42 bits per heavy atom. The van der Waals surface area contributed by atoms with Gasteiger partial charge >= 0.3 is 6.09 Å². The molecular weight excluding hydrogens is 246 g/mol. The number of carbonyl (C=O) groups excluding carboxylic acids is 2. The summed E-state index contributed by atoms with van der Waals surface area (Å²) in [5.74, 6) is -0.101. The van der Waals surface area contributed by atoms with E-state index in [4.69, 9.17) is 10.5 Å². The average Bonchev–Trinajstić information content (AvgIpc) is 2.35. The number of nitrogens with zero attached hydrogens (tertiary/aromatic N) is 2. The topological polar surface area (TPSA) is 75.9 Å². The number of amides is 2. The summed E-state index contributed by atoms with van der Waals surface area (Å²) in [6.45, 7) is 6.72. The summed E-state index contributed by atoms with van der Waals surface area (Å²) in [5.41, 5.74) is 4.86. The van der Waals surface area contributed by atoms with Crippen LogP contribution in [0.2, 0.25) is 0 Å². The van der Waals surface area contributed by atoms with Crippen LogP contribution in [0.15, 0.2) is 0 Å². The zero-order valence-electron chi connectivity index (χ0n) is 12.3. The molecule has 1 aliphatic heterocycles. The maximum absolute atomic E-state index is 12.0. The molecule has 0 bridgehead atoms. The summed E-state index contributed by atoms with van der Waals surface area (Å²) in [6.07, 6.45) is 1.44. The van der Waals surface area contributed by atoms with Crippen molar-refractivity contribution < 1.29 is 14.3 Å². The summed E-state index contributed by atoms with van der Waals surface area (Å²) in [5, 5.41) is 0. The van der Waals surface area contributed by atoms with Gasteiger partial charge in [0.25, 0.3) is 0 Å². The molecule has 0 aromatic carbocycles. The van der Waals surface area contributed by atoms with Crippen molar-refractivity contribution in [1.29, 1.82) is 0 Å². The van der Waals surface area contributed by atoms with Crippen LogP contribution < -0.4 is 5.73 Å². The van der Waals surface area contributed by atoms with E-state index in [2.05, 4.69) is 0 Å². The lowest BCUT2D eigenvalue weighted by molar-refractivity contribution is -0.131. The third-order valence-corrected chi connectivity index (χ3v) is 3.16. The molecule has 1 fully saturated rings. The molecule has 1 atom stereocenters. The second kappa shape index (κ2) is 6.23. The first-order chi connectivity index (χ1) is 8.74. The fraction of sp³-hybridized carbons (Fsp3) is 0.846.